The van der Waals surface area contributed by atoms with Crippen molar-refractivity contribution in [2.24, 2.45) is 0 Å². The molecule has 0 radical (unpaired) electrons. The Morgan fingerprint density at radius 3 is 2.51 bits per heavy atom. The van der Waals surface area contributed by atoms with E-state index in [0.29, 0.717) is 35.2 Å². The minimum atomic E-state index is -4.61. The fourth-order valence-electron chi connectivity index (χ4n) is 4.41. The second-order valence-electron chi connectivity index (χ2n) is 8.79. The van der Waals surface area contributed by atoms with Gasteiger partial charge >= 0.3 is 6.18 Å². The summed E-state index contributed by atoms with van der Waals surface area (Å²) in [7, 11) is 0. The Kier molecular flexibility index (Phi) is 5.08. The number of alkyl halides is 3. The molecule has 2 N–H and O–H groups in total. The van der Waals surface area contributed by atoms with Crippen LogP contribution in [0.5, 0.6) is 0 Å². The van der Waals surface area contributed by atoms with Crippen LogP contribution in [0.1, 0.15) is 40.9 Å². The Morgan fingerprint density at radius 1 is 1.11 bits per heavy atom. The van der Waals surface area contributed by atoms with Gasteiger partial charge in [-0.1, -0.05) is 12.1 Å². The molecule has 1 saturated carbocycles. The van der Waals surface area contributed by atoms with Gasteiger partial charge in [0.05, 0.1) is 35.0 Å². The summed E-state index contributed by atoms with van der Waals surface area (Å²) in [5.41, 5.74) is 0.119. The van der Waals surface area contributed by atoms with E-state index < -0.39 is 35.3 Å². The van der Waals surface area contributed by atoms with Crippen molar-refractivity contribution < 1.29 is 27.2 Å². The molecular weight excluding hydrogens is 464 g/mol. The van der Waals surface area contributed by atoms with E-state index in [2.05, 4.69) is 15.3 Å². The Bertz CT molecular complexity index is 1430. The first-order chi connectivity index (χ1) is 16.5. The molecule has 178 valence electrons. The molecule has 0 atom stereocenters. The minimum absolute atomic E-state index is 0.0621. The van der Waals surface area contributed by atoms with Gasteiger partial charge in [-0.05, 0) is 54.7 Å². The van der Waals surface area contributed by atoms with E-state index in [0.717, 1.165) is 12.3 Å². The first-order valence-electron chi connectivity index (χ1n) is 10.8. The van der Waals surface area contributed by atoms with Crippen LogP contribution in [-0.4, -0.2) is 27.4 Å². The van der Waals surface area contributed by atoms with Crippen molar-refractivity contribution in [3.05, 3.63) is 76.6 Å². The summed E-state index contributed by atoms with van der Waals surface area (Å²) in [5.74, 6) is -1.58. The zero-order valence-electron chi connectivity index (χ0n) is 18.4. The average Bonchev–Trinajstić information content (AvgIpc) is 3.58. The van der Waals surface area contributed by atoms with Crippen molar-refractivity contribution in [2.45, 2.75) is 37.8 Å². The van der Waals surface area contributed by atoms with Crippen molar-refractivity contribution in [3.63, 3.8) is 0 Å². The standard InChI is InChI=1S/C25H18F4N4O2/c1-12-17(25(27,28)29)9-16(11-31-12)33-20(34)8-14-3-2-13(7-19(14)26)15-6-18-22(32-10-15)21(30)23(35)24(18)4-5-24/h2-3,6-7,9-11,30H,4-5,8H2,1H3,(H,33,34). The third-order valence-corrected chi connectivity index (χ3v) is 6.47. The molecule has 2 aromatic heterocycles. The Labute approximate surface area is 196 Å². The summed E-state index contributed by atoms with van der Waals surface area (Å²) in [6.45, 7) is 1.22. The number of rotatable bonds is 4. The molecule has 35 heavy (non-hydrogen) atoms. The van der Waals surface area contributed by atoms with Crippen molar-refractivity contribution >= 4 is 23.1 Å². The summed E-state index contributed by atoms with van der Waals surface area (Å²) >= 11 is 0. The number of nitrogens with one attached hydrogen (secondary N) is 2. The van der Waals surface area contributed by atoms with Crippen LogP contribution in [0.4, 0.5) is 23.2 Å². The van der Waals surface area contributed by atoms with Crippen LogP contribution in [0, 0.1) is 18.2 Å². The van der Waals surface area contributed by atoms with Crippen LogP contribution in [-0.2, 0) is 27.6 Å². The monoisotopic (exact) mass is 482 g/mol. The second kappa shape index (κ2) is 7.79. The predicted molar refractivity (Wildman–Crippen MR) is 119 cm³/mol. The number of halogens is 4. The van der Waals surface area contributed by atoms with Gasteiger partial charge in [-0.2, -0.15) is 13.2 Å². The summed E-state index contributed by atoms with van der Waals surface area (Å²) < 4.78 is 54.0. The molecule has 0 bridgehead atoms. The lowest BCUT2D eigenvalue weighted by molar-refractivity contribution is -0.138. The quantitative estimate of drug-likeness (QED) is 0.524. The van der Waals surface area contributed by atoms with Crippen molar-refractivity contribution in [2.75, 3.05) is 5.32 Å². The number of ketones is 1. The van der Waals surface area contributed by atoms with Gasteiger partial charge in [-0.3, -0.25) is 25.0 Å². The van der Waals surface area contributed by atoms with E-state index in [1.807, 2.05) is 0 Å². The van der Waals surface area contributed by atoms with Gasteiger partial charge in [0.2, 0.25) is 5.91 Å². The molecule has 0 aliphatic heterocycles. The fraction of sp³-hybridized carbons (Fsp3) is 0.240. The Hall–Kier alpha value is -3.95. The molecule has 2 aliphatic carbocycles. The molecule has 10 heteroatoms. The SMILES string of the molecule is Cc1ncc(NC(=O)Cc2ccc(-c3cnc4c(c3)C3(CC3)C(=O)C4=N)cc2F)cc1C(F)(F)F. The molecule has 6 nitrogen and oxygen atoms in total. The molecule has 1 amide bonds. The van der Waals surface area contributed by atoms with Crippen molar-refractivity contribution in [3.8, 4) is 11.1 Å². The number of hydrogen-bond acceptors (Lipinski definition) is 5. The van der Waals surface area contributed by atoms with E-state index in [4.69, 9.17) is 5.41 Å². The third-order valence-electron chi connectivity index (χ3n) is 6.47. The number of carbonyl (C=O) groups is 2. The van der Waals surface area contributed by atoms with Gasteiger partial charge in [-0.15, -0.1) is 0 Å². The number of aryl methyl sites for hydroxylation is 1. The maximum absolute atomic E-state index is 14.8. The lowest BCUT2D eigenvalue weighted by atomic mass is 9.95. The van der Waals surface area contributed by atoms with E-state index in [1.54, 1.807) is 12.1 Å². The molecule has 5 rings (SSSR count). The summed E-state index contributed by atoms with van der Waals surface area (Å²) in [5, 5.41) is 10.3. The van der Waals surface area contributed by atoms with Gasteiger partial charge < -0.3 is 5.32 Å². The van der Waals surface area contributed by atoms with Crippen molar-refractivity contribution in [1.29, 1.82) is 5.41 Å². The zero-order valence-corrected chi connectivity index (χ0v) is 18.4. The number of anilines is 1. The lowest BCUT2D eigenvalue weighted by Crippen LogP contribution is -2.18. The number of nitrogens with zero attached hydrogens (tertiary/aromatic N) is 2. The van der Waals surface area contributed by atoms with E-state index >= 15 is 0 Å². The number of carbonyl (C=O) groups excluding carboxylic acids is 2. The average molecular weight is 482 g/mol. The second-order valence-corrected chi connectivity index (χ2v) is 8.79. The number of benzene rings is 1. The van der Waals surface area contributed by atoms with Crippen molar-refractivity contribution in [1.82, 2.24) is 9.97 Å². The molecule has 1 aromatic carbocycles. The van der Waals surface area contributed by atoms with Crippen LogP contribution >= 0.6 is 0 Å². The molecule has 1 spiro atoms. The van der Waals surface area contributed by atoms with Crippen LogP contribution in [0.3, 0.4) is 0 Å². The number of pyridine rings is 2. The molecule has 2 aliphatic rings. The number of hydrogen-bond donors (Lipinski definition) is 2. The summed E-state index contributed by atoms with van der Waals surface area (Å²) in [6, 6.07) is 6.82. The van der Waals surface area contributed by atoms with E-state index in [1.165, 1.54) is 25.3 Å². The highest BCUT2D eigenvalue weighted by Gasteiger charge is 2.58. The highest BCUT2D eigenvalue weighted by molar-refractivity contribution is 6.51. The molecular formula is C25H18F4N4O2. The minimum Gasteiger partial charge on any atom is -0.324 e. The number of fused-ring (bicyclic) bond motifs is 2. The van der Waals surface area contributed by atoms with Crippen LogP contribution in [0.2, 0.25) is 0 Å². The fourth-order valence-corrected chi connectivity index (χ4v) is 4.41. The van der Waals surface area contributed by atoms with E-state index in [-0.39, 0.29) is 28.4 Å². The van der Waals surface area contributed by atoms with Gasteiger partial charge in [0.15, 0.2) is 5.78 Å². The van der Waals surface area contributed by atoms with Gasteiger partial charge in [-0.25, -0.2) is 4.39 Å². The first kappa shape index (κ1) is 22.8. The predicted octanol–water partition coefficient (Wildman–Crippen LogP) is 4.77. The number of Topliss-reactive ketones (excluding diaryl/α,β-unsaturated/α-hetero) is 1. The Balaban J connectivity index is 1.34. The summed E-state index contributed by atoms with van der Waals surface area (Å²) in [4.78, 5) is 32.7. The van der Waals surface area contributed by atoms with Gasteiger partial charge in [0.25, 0.3) is 0 Å². The highest BCUT2D eigenvalue weighted by atomic mass is 19.4. The molecule has 2 heterocycles. The maximum Gasteiger partial charge on any atom is 0.418 e. The Morgan fingerprint density at radius 2 is 1.86 bits per heavy atom. The highest BCUT2D eigenvalue weighted by Crippen LogP contribution is 2.54. The topological polar surface area (TPSA) is 95.8 Å². The van der Waals surface area contributed by atoms with Gasteiger partial charge in [0.1, 0.15) is 11.5 Å². The van der Waals surface area contributed by atoms with Crippen LogP contribution < -0.4 is 5.32 Å². The zero-order chi connectivity index (χ0) is 25.1. The smallest absolute Gasteiger partial charge is 0.324 e. The van der Waals surface area contributed by atoms with Crippen LogP contribution in [0.15, 0.2) is 42.7 Å². The number of aromatic nitrogens is 2. The molecule has 0 saturated heterocycles. The maximum atomic E-state index is 14.8. The lowest BCUT2D eigenvalue weighted by Gasteiger charge is -2.12. The third kappa shape index (κ3) is 3.88. The first-order valence-corrected chi connectivity index (χ1v) is 10.8. The van der Waals surface area contributed by atoms with E-state index in [9.17, 15) is 27.2 Å². The molecule has 3 aromatic rings. The van der Waals surface area contributed by atoms with Gasteiger partial charge in [0, 0.05) is 17.5 Å². The largest absolute Gasteiger partial charge is 0.418 e. The molecule has 1 fully saturated rings. The molecule has 0 unspecified atom stereocenters. The number of amides is 1. The summed E-state index contributed by atoms with van der Waals surface area (Å²) in [6.07, 6.45) is -1.09. The van der Waals surface area contributed by atoms with Crippen LogP contribution in [0.25, 0.3) is 11.1 Å². The normalized spacial score (nSPS) is 15.9.